The van der Waals surface area contributed by atoms with Gasteiger partial charge in [0.05, 0.1) is 23.2 Å². The van der Waals surface area contributed by atoms with Crippen LogP contribution in [0, 0.1) is 0 Å². The Morgan fingerprint density at radius 3 is 2.57 bits per heavy atom. The van der Waals surface area contributed by atoms with E-state index in [1.807, 2.05) is 6.07 Å². The Balaban J connectivity index is 1.33. The molecule has 8 heteroatoms. The topological polar surface area (TPSA) is 81.5 Å². The Hall–Kier alpha value is -2.19. The van der Waals surface area contributed by atoms with E-state index in [0.717, 1.165) is 36.3 Å². The highest BCUT2D eigenvalue weighted by atomic mass is 32.2. The fourth-order valence-corrected chi connectivity index (χ4v) is 5.62. The molecule has 0 atom stereocenters. The number of piperidine rings is 1. The van der Waals surface area contributed by atoms with E-state index in [-0.39, 0.29) is 11.6 Å². The first-order valence-electron chi connectivity index (χ1n) is 9.88. The molecule has 28 heavy (non-hydrogen) atoms. The zero-order valence-corrected chi connectivity index (χ0v) is 16.4. The number of benzene rings is 1. The van der Waals surface area contributed by atoms with Crippen molar-refractivity contribution in [2.75, 3.05) is 19.7 Å². The molecule has 1 saturated heterocycles. The van der Waals surface area contributed by atoms with E-state index in [0.29, 0.717) is 43.4 Å². The number of ether oxygens (including phenoxy) is 1. The second kappa shape index (κ2) is 6.70. The van der Waals surface area contributed by atoms with E-state index >= 15 is 0 Å². The lowest BCUT2D eigenvalue weighted by molar-refractivity contribution is 0.254. The molecule has 2 fully saturated rings. The molecule has 0 radical (unpaired) electrons. The Kier molecular flexibility index (Phi) is 4.28. The van der Waals surface area contributed by atoms with Gasteiger partial charge in [-0.2, -0.15) is 9.40 Å². The minimum Gasteiger partial charge on any atom is -0.493 e. The lowest BCUT2D eigenvalue weighted by Crippen LogP contribution is -2.41. The summed E-state index contributed by atoms with van der Waals surface area (Å²) in [7, 11) is -3.54. The van der Waals surface area contributed by atoms with Gasteiger partial charge < -0.3 is 4.74 Å². The Morgan fingerprint density at radius 1 is 1.04 bits per heavy atom. The van der Waals surface area contributed by atoms with Crippen LogP contribution in [0.5, 0.6) is 5.75 Å². The highest BCUT2D eigenvalue weighted by Gasteiger charge is 2.32. The number of nitrogens with zero attached hydrogens (tertiary/aromatic N) is 3. The molecule has 1 aromatic carbocycles. The molecule has 3 heterocycles. The van der Waals surface area contributed by atoms with E-state index in [2.05, 4.69) is 5.10 Å². The van der Waals surface area contributed by atoms with E-state index < -0.39 is 10.0 Å². The normalized spacial score (nSPS) is 20.7. The van der Waals surface area contributed by atoms with Crippen LogP contribution in [0.25, 0.3) is 0 Å². The summed E-state index contributed by atoms with van der Waals surface area (Å²) >= 11 is 0. The number of rotatable bonds is 4. The summed E-state index contributed by atoms with van der Waals surface area (Å²) in [6.07, 6.45) is 4.19. The fraction of sp³-hybridized carbons (Fsp3) is 0.500. The molecule has 0 amide bonds. The minimum absolute atomic E-state index is 0.0499. The predicted octanol–water partition coefficient (Wildman–Crippen LogP) is 2.08. The molecule has 1 aromatic heterocycles. The van der Waals surface area contributed by atoms with Crippen molar-refractivity contribution in [1.82, 2.24) is 14.1 Å². The Morgan fingerprint density at radius 2 is 1.82 bits per heavy atom. The molecular weight excluding hydrogens is 378 g/mol. The molecule has 7 nitrogen and oxygen atoms in total. The molecule has 1 aliphatic carbocycles. The van der Waals surface area contributed by atoms with Crippen LogP contribution in [0.4, 0.5) is 0 Å². The smallest absolute Gasteiger partial charge is 0.267 e. The Labute approximate surface area is 164 Å². The fourth-order valence-electron chi connectivity index (χ4n) is 4.10. The number of hydrogen-bond donors (Lipinski definition) is 0. The summed E-state index contributed by atoms with van der Waals surface area (Å²) in [5.74, 6) is 1.26. The number of hydrogen-bond acceptors (Lipinski definition) is 5. The van der Waals surface area contributed by atoms with E-state index in [4.69, 9.17) is 4.74 Å². The molecule has 1 saturated carbocycles. The van der Waals surface area contributed by atoms with Gasteiger partial charge in [0.15, 0.2) is 0 Å². The molecule has 0 spiro atoms. The number of aromatic nitrogens is 2. The lowest BCUT2D eigenvalue weighted by Gasteiger charge is -2.31. The van der Waals surface area contributed by atoms with Crippen LogP contribution < -0.4 is 10.3 Å². The van der Waals surface area contributed by atoms with Gasteiger partial charge in [0.25, 0.3) is 5.56 Å². The minimum atomic E-state index is -3.54. The molecule has 3 aliphatic rings. The third-order valence-corrected chi connectivity index (χ3v) is 7.80. The van der Waals surface area contributed by atoms with Crippen molar-refractivity contribution in [1.29, 1.82) is 0 Å². The Bertz CT molecular complexity index is 1070. The zero-order valence-electron chi connectivity index (χ0n) is 15.6. The first-order chi connectivity index (χ1) is 13.5. The molecule has 2 aromatic rings. The van der Waals surface area contributed by atoms with Crippen molar-refractivity contribution >= 4 is 10.0 Å². The summed E-state index contributed by atoms with van der Waals surface area (Å²) in [6.45, 7) is 1.39. The van der Waals surface area contributed by atoms with E-state index in [1.54, 1.807) is 28.9 Å². The van der Waals surface area contributed by atoms with Crippen LogP contribution >= 0.6 is 0 Å². The third kappa shape index (κ3) is 3.14. The van der Waals surface area contributed by atoms with Crippen LogP contribution in [0.2, 0.25) is 0 Å². The van der Waals surface area contributed by atoms with Gasteiger partial charge in [0, 0.05) is 31.5 Å². The maximum absolute atomic E-state index is 13.0. The molecule has 0 N–H and O–H groups in total. The first-order valence-corrected chi connectivity index (χ1v) is 11.3. The second-order valence-corrected chi connectivity index (χ2v) is 9.76. The van der Waals surface area contributed by atoms with Crippen LogP contribution in [0.3, 0.4) is 0 Å². The largest absolute Gasteiger partial charge is 0.493 e. The third-order valence-electron chi connectivity index (χ3n) is 5.91. The van der Waals surface area contributed by atoms with Crippen molar-refractivity contribution in [3.05, 3.63) is 51.9 Å². The van der Waals surface area contributed by atoms with Gasteiger partial charge in [0.2, 0.25) is 10.0 Å². The summed E-state index contributed by atoms with van der Waals surface area (Å²) in [4.78, 5) is 12.6. The number of sulfonamides is 1. The molecule has 2 aliphatic heterocycles. The molecule has 0 bridgehead atoms. The van der Waals surface area contributed by atoms with Crippen LogP contribution in [0.1, 0.15) is 48.9 Å². The molecule has 0 unspecified atom stereocenters. The van der Waals surface area contributed by atoms with Crippen LogP contribution in [-0.4, -0.2) is 42.2 Å². The van der Waals surface area contributed by atoms with E-state index in [9.17, 15) is 13.2 Å². The summed E-state index contributed by atoms with van der Waals surface area (Å²) in [5, 5.41) is 4.56. The number of fused-ring (bicyclic) bond motifs is 1. The highest BCUT2D eigenvalue weighted by Crippen LogP contribution is 2.38. The van der Waals surface area contributed by atoms with Crippen molar-refractivity contribution in [2.24, 2.45) is 0 Å². The molecule has 5 rings (SSSR count). The summed E-state index contributed by atoms with van der Waals surface area (Å²) < 4.78 is 34.7. The van der Waals surface area contributed by atoms with Crippen LogP contribution in [-0.2, 0) is 16.4 Å². The van der Waals surface area contributed by atoms with Crippen molar-refractivity contribution < 1.29 is 13.2 Å². The van der Waals surface area contributed by atoms with Crippen LogP contribution in [0.15, 0.2) is 40.0 Å². The predicted molar refractivity (Wildman–Crippen MR) is 103 cm³/mol. The zero-order chi connectivity index (χ0) is 19.3. The first kappa shape index (κ1) is 17.9. The summed E-state index contributed by atoms with van der Waals surface area (Å²) in [6, 6.07) is 8.47. The quantitative estimate of drug-likeness (QED) is 0.784. The molecule has 148 valence electrons. The van der Waals surface area contributed by atoms with Crippen molar-refractivity contribution in [3.8, 4) is 5.75 Å². The highest BCUT2D eigenvalue weighted by molar-refractivity contribution is 7.89. The summed E-state index contributed by atoms with van der Waals surface area (Å²) in [5.41, 5.74) is 1.82. The second-order valence-electron chi connectivity index (χ2n) is 7.82. The molecular formula is C20H23N3O4S. The lowest BCUT2D eigenvalue weighted by atomic mass is 10.1. The van der Waals surface area contributed by atoms with Crippen molar-refractivity contribution in [3.63, 3.8) is 0 Å². The van der Waals surface area contributed by atoms with Gasteiger partial charge in [-0.15, -0.1) is 0 Å². The SMILES string of the molecule is O=c1ccc(C2CC2)nn1C1CCN(S(=O)(=O)c2ccc3c(c2)CCO3)CC1. The van der Waals surface area contributed by atoms with E-state index in [1.165, 1.54) is 4.31 Å². The monoisotopic (exact) mass is 401 g/mol. The standard InChI is InChI=1S/C20H23N3O4S/c24-20-6-4-18(14-1-2-14)21-23(20)16-7-10-22(11-8-16)28(25,26)17-3-5-19-15(13-17)9-12-27-19/h3-6,13-14,16H,1-2,7-12H2. The van der Waals surface area contributed by atoms with Gasteiger partial charge in [-0.1, -0.05) is 0 Å². The average Bonchev–Trinajstić information content (AvgIpc) is 3.45. The maximum atomic E-state index is 13.0. The van der Waals surface area contributed by atoms with Gasteiger partial charge in [-0.3, -0.25) is 4.79 Å². The average molecular weight is 401 g/mol. The van der Waals surface area contributed by atoms with Crippen molar-refractivity contribution in [2.45, 2.75) is 49.0 Å². The van der Waals surface area contributed by atoms with Gasteiger partial charge in [-0.25, -0.2) is 13.1 Å². The van der Waals surface area contributed by atoms with Gasteiger partial charge in [0.1, 0.15) is 5.75 Å². The maximum Gasteiger partial charge on any atom is 0.267 e. The van der Waals surface area contributed by atoms with Gasteiger partial charge >= 0.3 is 0 Å². The van der Waals surface area contributed by atoms with Gasteiger partial charge in [-0.05, 0) is 55.5 Å².